The Balaban J connectivity index is 2.65. The van der Waals surface area contributed by atoms with E-state index in [1.54, 1.807) is 24.5 Å². The Bertz CT molecular complexity index is 458. The number of hydrogen-bond donors (Lipinski definition) is 3. The molecule has 0 fully saturated rings. The molecule has 13 heavy (non-hydrogen) atoms. The summed E-state index contributed by atoms with van der Waals surface area (Å²) in [7, 11) is 0. The average molecular weight is 177 g/mol. The van der Waals surface area contributed by atoms with E-state index in [1.807, 2.05) is 0 Å². The van der Waals surface area contributed by atoms with Crippen molar-refractivity contribution in [2.75, 3.05) is 0 Å². The number of pyridine rings is 1. The highest BCUT2D eigenvalue weighted by molar-refractivity contribution is 5.66. The molecule has 0 unspecified atom stereocenters. The number of nitrogens with zero attached hydrogens (tertiary/aromatic N) is 1. The molecule has 3 N–H and O–H groups in total. The molecule has 2 rings (SSSR count). The maximum Gasteiger partial charge on any atom is 0.275 e. The van der Waals surface area contributed by atoms with Crippen LogP contribution in [0, 0.1) is 0 Å². The minimum absolute atomic E-state index is 0.156. The fourth-order valence-electron chi connectivity index (χ4n) is 1.13. The molecule has 66 valence electrons. The van der Waals surface area contributed by atoms with E-state index in [0.717, 1.165) is 0 Å². The third-order valence-corrected chi connectivity index (χ3v) is 1.73. The average Bonchev–Trinajstić information content (AvgIpc) is 2.48. The molecule has 0 aliphatic heterocycles. The molecule has 0 bridgehead atoms. The summed E-state index contributed by atoms with van der Waals surface area (Å²) >= 11 is 0. The van der Waals surface area contributed by atoms with Gasteiger partial charge in [-0.25, -0.2) is 0 Å². The Morgan fingerprint density at radius 2 is 1.92 bits per heavy atom. The van der Waals surface area contributed by atoms with Gasteiger partial charge in [-0.2, -0.15) is 0 Å². The molecule has 5 nitrogen and oxygen atoms in total. The van der Waals surface area contributed by atoms with Crippen molar-refractivity contribution in [1.29, 1.82) is 0 Å². The molecule has 0 atom stereocenters. The van der Waals surface area contributed by atoms with Gasteiger partial charge >= 0.3 is 0 Å². The summed E-state index contributed by atoms with van der Waals surface area (Å²) in [5, 5.41) is 13.9. The number of aromatic nitrogens is 3. The van der Waals surface area contributed by atoms with Gasteiger partial charge in [0.25, 0.3) is 5.56 Å². The normalized spacial score (nSPS) is 10.2. The predicted octanol–water partition coefficient (Wildman–Crippen LogP) is 0.471. The molecule has 0 saturated carbocycles. The SMILES string of the molecule is O=c1[nH][nH]c(O)c1-c1ccncc1. The third kappa shape index (κ3) is 1.20. The van der Waals surface area contributed by atoms with Crippen LogP contribution in [0.5, 0.6) is 5.88 Å². The number of hydrogen-bond acceptors (Lipinski definition) is 3. The summed E-state index contributed by atoms with van der Waals surface area (Å²) in [4.78, 5) is 15.0. The number of aromatic hydroxyl groups is 1. The van der Waals surface area contributed by atoms with E-state index in [0.29, 0.717) is 5.56 Å². The van der Waals surface area contributed by atoms with Crippen LogP contribution in [0.4, 0.5) is 0 Å². The summed E-state index contributed by atoms with van der Waals surface area (Å²) in [6.45, 7) is 0. The van der Waals surface area contributed by atoms with Gasteiger partial charge in [0.05, 0.1) is 0 Å². The maximum atomic E-state index is 11.2. The zero-order valence-electron chi connectivity index (χ0n) is 6.61. The van der Waals surface area contributed by atoms with E-state index < -0.39 is 0 Å². The van der Waals surface area contributed by atoms with Gasteiger partial charge in [-0.3, -0.25) is 20.0 Å². The van der Waals surface area contributed by atoms with E-state index in [1.165, 1.54) is 0 Å². The standard InChI is InChI=1S/C8H7N3O2/c12-7-6(8(13)11-10-7)5-1-3-9-4-2-5/h1-4H,(H3,10,11,12,13). The van der Waals surface area contributed by atoms with Gasteiger partial charge in [0, 0.05) is 12.4 Å². The van der Waals surface area contributed by atoms with Crippen LogP contribution < -0.4 is 5.56 Å². The lowest BCUT2D eigenvalue weighted by atomic mass is 10.1. The molecule has 0 aliphatic carbocycles. The quantitative estimate of drug-likeness (QED) is 0.592. The van der Waals surface area contributed by atoms with Gasteiger partial charge in [-0.15, -0.1) is 0 Å². The summed E-state index contributed by atoms with van der Waals surface area (Å²) in [5.74, 6) is -0.156. The molecule has 2 aromatic heterocycles. The Morgan fingerprint density at radius 1 is 1.23 bits per heavy atom. The van der Waals surface area contributed by atoms with Gasteiger partial charge in [0.2, 0.25) is 5.88 Å². The van der Waals surface area contributed by atoms with Crippen LogP contribution in [0.25, 0.3) is 11.1 Å². The van der Waals surface area contributed by atoms with Crippen LogP contribution in [-0.4, -0.2) is 20.3 Å². The monoisotopic (exact) mass is 177 g/mol. The number of H-pyrrole nitrogens is 2. The highest BCUT2D eigenvalue weighted by atomic mass is 16.3. The zero-order chi connectivity index (χ0) is 9.26. The van der Waals surface area contributed by atoms with E-state index in [2.05, 4.69) is 15.2 Å². The largest absolute Gasteiger partial charge is 0.493 e. The van der Waals surface area contributed by atoms with Gasteiger partial charge in [-0.05, 0) is 17.7 Å². The molecule has 0 amide bonds. The van der Waals surface area contributed by atoms with Crippen molar-refractivity contribution in [3.63, 3.8) is 0 Å². The fourth-order valence-corrected chi connectivity index (χ4v) is 1.13. The highest BCUT2D eigenvalue weighted by Crippen LogP contribution is 2.21. The first kappa shape index (κ1) is 7.60. The Morgan fingerprint density at radius 3 is 2.46 bits per heavy atom. The van der Waals surface area contributed by atoms with Crippen molar-refractivity contribution in [3.05, 3.63) is 34.9 Å². The van der Waals surface area contributed by atoms with Crippen LogP contribution in [0.15, 0.2) is 29.3 Å². The first-order valence-electron chi connectivity index (χ1n) is 3.69. The molecule has 0 radical (unpaired) electrons. The van der Waals surface area contributed by atoms with E-state index >= 15 is 0 Å². The minimum atomic E-state index is -0.344. The van der Waals surface area contributed by atoms with E-state index in [9.17, 15) is 9.90 Å². The topological polar surface area (TPSA) is 81.8 Å². The molecule has 0 saturated heterocycles. The second kappa shape index (κ2) is 2.78. The van der Waals surface area contributed by atoms with Crippen molar-refractivity contribution in [1.82, 2.24) is 15.2 Å². The lowest BCUT2D eigenvalue weighted by Crippen LogP contribution is -2.01. The molecule has 2 heterocycles. The molecule has 0 aromatic carbocycles. The maximum absolute atomic E-state index is 11.2. The molecule has 0 spiro atoms. The predicted molar refractivity (Wildman–Crippen MR) is 46.3 cm³/mol. The number of nitrogens with one attached hydrogen (secondary N) is 2. The number of aromatic amines is 2. The lowest BCUT2D eigenvalue weighted by Gasteiger charge is -1.94. The third-order valence-electron chi connectivity index (χ3n) is 1.73. The van der Waals surface area contributed by atoms with E-state index in [-0.39, 0.29) is 17.0 Å². The first-order chi connectivity index (χ1) is 6.29. The Hall–Kier alpha value is -2.04. The number of rotatable bonds is 1. The van der Waals surface area contributed by atoms with Gasteiger partial charge in [0.15, 0.2) is 0 Å². The molecule has 5 heteroatoms. The van der Waals surface area contributed by atoms with Crippen LogP contribution in [0.2, 0.25) is 0 Å². The molecular weight excluding hydrogens is 170 g/mol. The molecule has 0 aliphatic rings. The summed E-state index contributed by atoms with van der Waals surface area (Å²) in [6.07, 6.45) is 3.11. The summed E-state index contributed by atoms with van der Waals surface area (Å²) in [6, 6.07) is 3.30. The van der Waals surface area contributed by atoms with Crippen molar-refractivity contribution in [2.24, 2.45) is 0 Å². The molecule has 2 aromatic rings. The second-order valence-corrected chi connectivity index (χ2v) is 2.54. The Labute approximate surface area is 73.1 Å². The zero-order valence-corrected chi connectivity index (χ0v) is 6.61. The van der Waals surface area contributed by atoms with Crippen molar-refractivity contribution < 1.29 is 5.11 Å². The van der Waals surface area contributed by atoms with Crippen molar-refractivity contribution in [2.45, 2.75) is 0 Å². The van der Waals surface area contributed by atoms with Gasteiger partial charge < -0.3 is 5.11 Å². The summed E-state index contributed by atoms with van der Waals surface area (Å²) in [5.41, 5.74) is 0.529. The Kier molecular flexibility index (Phi) is 1.63. The fraction of sp³-hybridized carbons (Fsp3) is 0. The minimum Gasteiger partial charge on any atom is -0.493 e. The summed E-state index contributed by atoms with van der Waals surface area (Å²) < 4.78 is 0. The van der Waals surface area contributed by atoms with Crippen molar-refractivity contribution >= 4 is 0 Å². The van der Waals surface area contributed by atoms with Crippen LogP contribution in [0.1, 0.15) is 0 Å². The molecular formula is C8H7N3O2. The first-order valence-corrected chi connectivity index (χ1v) is 3.69. The smallest absolute Gasteiger partial charge is 0.275 e. The van der Waals surface area contributed by atoms with Crippen molar-refractivity contribution in [3.8, 4) is 17.0 Å². The van der Waals surface area contributed by atoms with Crippen LogP contribution in [-0.2, 0) is 0 Å². The van der Waals surface area contributed by atoms with Crippen LogP contribution in [0.3, 0.4) is 0 Å². The van der Waals surface area contributed by atoms with E-state index in [4.69, 9.17) is 0 Å². The lowest BCUT2D eigenvalue weighted by molar-refractivity contribution is 0.454. The highest BCUT2D eigenvalue weighted by Gasteiger charge is 2.09. The van der Waals surface area contributed by atoms with Gasteiger partial charge in [0.1, 0.15) is 5.56 Å². The van der Waals surface area contributed by atoms with Crippen LogP contribution >= 0.6 is 0 Å². The second-order valence-electron chi connectivity index (χ2n) is 2.54. The van der Waals surface area contributed by atoms with Gasteiger partial charge in [-0.1, -0.05) is 0 Å².